The fourth-order valence-electron chi connectivity index (χ4n) is 3.49. The summed E-state index contributed by atoms with van der Waals surface area (Å²) in [6.07, 6.45) is 3.30. The number of aromatic nitrogens is 3. The maximum Gasteiger partial charge on any atom is 0.323 e. The molecular weight excluding hydrogens is 304 g/mol. The lowest BCUT2D eigenvalue weighted by Crippen LogP contribution is -2.38. The molecule has 0 spiro atoms. The Kier molecular flexibility index (Phi) is 4.94. The zero-order valence-electron chi connectivity index (χ0n) is 14.4. The van der Waals surface area contributed by atoms with Crippen molar-refractivity contribution in [1.82, 2.24) is 19.7 Å². The Hall–Kier alpha value is -2.21. The van der Waals surface area contributed by atoms with E-state index in [-0.39, 0.29) is 24.1 Å². The van der Waals surface area contributed by atoms with Gasteiger partial charge in [-0.1, -0.05) is 30.3 Å². The summed E-state index contributed by atoms with van der Waals surface area (Å²) >= 11 is 0. The second kappa shape index (κ2) is 7.13. The quantitative estimate of drug-likeness (QED) is 0.790. The summed E-state index contributed by atoms with van der Waals surface area (Å²) < 4.78 is 6.93. The van der Waals surface area contributed by atoms with E-state index < -0.39 is 0 Å². The number of likely N-dealkylation sites (tertiary alicyclic amines) is 1. The van der Waals surface area contributed by atoms with E-state index in [1.165, 1.54) is 12.7 Å². The largest absolute Gasteiger partial charge is 0.468 e. The second-order valence-corrected chi connectivity index (χ2v) is 6.43. The van der Waals surface area contributed by atoms with Gasteiger partial charge in [0.1, 0.15) is 18.2 Å². The van der Waals surface area contributed by atoms with Crippen LogP contribution in [0.15, 0.2) is 36.7 Å². The summed E-state index contributed by atoms with van der Waals surface area (Å²) in [7, 11) is 1.45. The molecule has 1 aliphatic heterocycles. The Balaban J connectivity index is 1.90. The van der Waals surface area contributed by atoms with Crippen molar-refractivity contribution in [3.05, 3.63) is 48.0 Å². The van der Waals surface area contributed by atoms with Crippen molar-refractivity contribution in [3.8, 4) is 0 Å². The summed E-state index contributed by atoms with van der Waals surface area (Å²) in [5.41, 5.74) is 1.22. The number of carbonyl (C=O) groups is 1. The Morgan fingerprint density at radius 1 is 1.29 bits per heavy atom. The molecule has 6 heteroatoms. The number of hydrogen-bond acceptors (Lipinski definition) is 5. The first-order valence-corrected chi connectivity index (χ1v) is 8.38. The molecule has 6 nitrogen and oxygen atoms in total. The van der Waals surface area contributed by atoms with Gasteiger partial charge in [0.2, 0.25) is 0 Å². The minimum Gasteiger partial charge on any atom is -0.468 e. The molecule has 2 heterocycles. The first-order chi connectivity index (χ1) is 11.6. The number of nitrogens with zero attached hydrogens (tertiary/aromatic N) is 4. The van der Waals surface area contributed by atoms with Crippen LogP contribution in [0.1, 0.15) is 50.2 Å². The van der Waals surface area contributed by atoms with Crippen LogP contribution in [0.5, 0.6) is 0 Å². The van der Waals surface area contributed by atoms with Crippen LogP contribution >= 0.6 is 0 Å². The minimum absolute atomic E-state index is 0.177. The molecule has 1 saturated heterocycles. The van der Waals surface area contributed by atoms with E-state index in [0.717, 1.165) is 18.7 Å². The highest BCUT2D eigenvalue weighted by Crippen LogP contribution is 2.37. The number of carbonyl (C=O) groups excluding carboxylic acids is 1. The highest BCUT2D eigenvalue weighted by molar-refractivity contribution is 5.76. The SMILES string of the molecule is COC(=O)[C@@H]1CC[C@@H](c2ccccc2)N1Cc1ncnn1C(C)C. The average Bonchev–Trinajstić information content (AvgIpc) is 3.22. The van der Waals surface area contributed by atoms with E-state index in [4.69, 9.17) is 4.74 Å². The van der Waals surface area contributed by atoms with Crippen LogP contribution in [-0.2, 0) is 16.1 Å². The monoisotopic (exact) mass is 328 g/mol. The summed E-state index contributed by atoms with van der Waals surface area (Å²) in [4.78, 5) is 18.8. The van der Waals surface area contributed by atoms with Gasteiger partial charge in [0.25, 0.3) is 0 Å². The summed E-state index contributed by atoms with van der Waals surface area (Å²) in [6, 6.07) is 10.5. The lowest BCUT2D eigenvalue weighted by molar-refractivity contribution is -0.146. The molecule has 0 aliphatic carbocycles. The van der Waals surface area contributed by atoms with E-state index in [2.05, 4.69) is 41.0 Å². The molecule has 0 N–H and O–H groups in total. The van der Waals surface area contributed by atoms with Gasteiger partial charge in [-0.3, -0.25) is 9.69 Å². The second-order valence-electron chi connectivity index (χ2n) is 6.43. The van der Waals surface area contributed by atoms with Crippen LogP contribution in [0.3, 0.4) is 0 Å². The standard InChI is InChI=1S/C18H24N4O2/c1-13(2)22-17(19-12-20-22)11-21-15(14-7-5-4-6-8-14)9-10-16(21)18(23)24-3/h4-8,12-13,15-16H,9-11H2,1-3H3/t15-,16-/m0/s1. The fourth-order valence-corrected chi connectivity index (χ4v) is 3.49. The van der Waals surface area contributed by atoms with E-state index >= 15 is 0 Å². The molecular formula is C18H24N4O2. The topological polar surface area (TPSA) is 60.2 Å². The van der Waals surface area contributed by atoms with Gasteiger partial charge >= 0.3 is 5.97 Å². The Bertz CT molecular complexity index is 683. The number of benzene rings is 1. The average molecular weight is 328 g/mol. The first kappa shape index (κ1) is 16.6. The predicted octanol–water partition coefficient (Wildman–Crippen LogP) is 2.74. The summed E-state index contributed by atoms with van der Waals surface area (Å²) in [6.45, 7) is 4.74. The summed E-state index contributed by atoms with van der Waals surface area (Å²) in [5.74, 6) is 0.700. The van der Waals surface area contributed by atoms with Crippen molar-refractivity contribution in [3.63, 3.8) is 0 Å². The van der Waals surface area contributed by atoms with E-state index in [9.17, 15) is 4.79 Å². The Morgan fingerprint density at radius 3 is 2.71 bits per heavy atom. The lowest BCUT2D eigenvalue weighted by atomic mass is 10.0. The Morgan fingerprint density at radius 2 is 2.04 bits per heavy atom. The number of ether oxygens (including phenoxy) is 1. The molecule has 1 aromatic heterocycles. The van der Waals surface area contributed by atoms with E-state index in [0.29, 0.717) is 6.54 Å². The van der Waals surface area contributed by atoms with Gasteiger partial charge in [0, 0.05) is 12.1 Å². The van der Waals surface area contributed by atoms with Gasteiger partial charge in [-0.15, -0.1) is 0 Å². The van der Waals surface area contributed by atoms with E-state index in [1.54, 1.807) is 6.33 Å². The van der Waals surface area contributed by atoms with Crippen LogP contribution in [0, 0.1) is 0 Å². The third-order valence-corrected chi connectivity index (χ3v) is 4.63. The van der Waals surface area contributed by atoms with E-state index in [1.807, 2.05) is 22.9 Å². The van der Waals surface area contributed by atoms with Crippen molar-refractivity contribution in [2.24, 2.45) is 0 Å². The number of esters is 1. The van der Waals surface area contributed by atoms with Gasteiger partial charge in [-0.05, 0) is 32.3 Å². The molecule has 128 valence electrons. The van der Waals surface area contributed by atoms with Crippen molar-refractivity contribution < 1.29 is 9.53 Å². The van der Waals surface area contributed by atoms with Crippen LogP contribution in [0.2, 0.25) is 0 Å². The smallest absolute Gasteiger partial charge is 0.323 e. The van der Waals surface area contributed by atoms with Gasteiger partial charge < -0.3 is 4.74 Å². The molecule has 1 aliphatic rings. The number of methoxy groups -OCH3 is 1. The maximum atomic E-state index is 12.2. The minimum atomic E-state index is -0.238. The van der Waals surface area contributed by atoms with Gasteiger partial charge in [0.05, 0.1) is 13.7 Å². The lowest BCUT2D eigenvalue weighted by Gasteiger charge is -2.29. The molecule has 0 unspecified atom stereocenters. The maximum absolute atomic E-state index is 12.2. The molecule has 0 saturated carbocycles. The van der Waals surface area contributed by atoms with Gasteiger partial charge in [-0.2, -0.15) is 5.10 Å². The van der Waals surface area contributed by atoms with Crippen LogP contribution in [0.25, 0.3) is 0 Å². The molecule has 24 heavy (non-hydrogen) atoms. The van der Waals surface area contributed by atoms with Crippen molar-refractivity contribution in [1.29, 1.82) is 0 Å². The molecule has 2 aromatic rings. The molecule has 0 amide bonds. The van der Waals surface area contributed by atoms with Crippen molar-refractivity contribution in [2.75, 3.05) is 7.11 Å². The zero-order valence-corrected chi connectivity index (χ0v) is 14.4. The fraction of sp³-hybridized carbons (Fsp3) is 0.500. The van der Waals surface area contributed by atoms with Crippen molar-refractivity contribution >= 4 is 5.97 Å². The van der Waals surface area contributed by atoms with Crippen LogP contribution in [0.4, 0.5) is 0 Å². The molecule has 3 rings (SSSR count). The first-order valence-electron chi connectivity index (χ1n) is 8.38. The number of hydrogen-bond donors (Lipinski definition) is 0. The molecule has 0 radical (unpaired) electrons. The molecule has 1 aromatic carbocycles. The highest BCUT2D eigenvalue weighted by atomic mass is 16.5. The Labute approximate surface area is 142 Å². The van der Waals surface area contributed by atoms with Gasteiger partial charge in [0.15, 0.2) is 0 Å². The summed E-state index contributed by atoms with van der Waals surface area (Å²) in [5, 5.41) is 4.31. The molecule has 1 fully saturated rings. The van der Waals surface area contributed by atoms with Crippen LogP contribution < -0.4 is 0 Å². The number of rotatable bonds is 5. The molecule has 0 bridgehead atoms. The van der Waals surface area contributed by atoms with Crippen molar-refractivity contribution in [2.45, 2.75) is 51.4 Å². The molecule has 2 atom stereocenters. The zero-order chi connectivity index (χ0) is 17.1. The predicted molar refractivity (Wildman–Crippen MR) is 90.2 cm³/mol. The van der Waals surface area contributed by atoms with Crippen LogP contribution in [-0.4, -0.2) is 38.8 Å². The van der Waals surface area contributed by atoms with Gasteiger partial charge in [-0.25, -0.2) is 9.67 Å². The normalized spacial score (nSPS) is 21.3. The third kappa shape index (κ3) is 3.19. The highest BCUT2D eigenvalue weighted by Gasteiger charge is 2.39. The third-order valence-electron chi connectivity index (χ3n) is 4.63.